The molecule has 306 valence electrons. The van der Waals surface area contributed by atoms with Crippen molar-refractivity contribution in [3.05, 3.63) is 282 Å². The van der Waals surface area contributed by atoms with Gasteiger partial charge in [0.15, 0.2) is 0 Å². The first-order valence-electron chi connectivity index (χ1n) is 20.9. The molecule has 0 aromatic heterocycles. The first kappa shape index (κ1) is 40.7. The molecule has 0 atom stereocenters. The monoisotopic (exact) mass is 828 g/mol. The average molecular weight is 829 g/mol. The van der Waals surface area contributed by atoms with Gasteiger partial charge in [-0.3, -0.25) is 20.2 Å². The molecule has 0 aliphatic carbocycles. The van der Waals surface area contributed by atoms with Gasteiger partial charge in [-0.15, -0.1) is 0 Å². The zero-order valence-corrected chi connectivity index (χ0v) is 34.6. The van der Waals surface area contributed by atoms with Crippen LogP contribution in [0.5, 0.6) is 0 Å². The molecule has 0 saturated carbocycles. The van der Waals surface area contributed by atoms with Crippen LogP contribution >= 0.6 is 0 Å². The standard InChI is InChI=1S/C58H40N2O4/c61-59(62)55-31-27-45(28-32-55)57(43-15-3-1-4-16-43)39-49-21-9-7-13-41(49)23-25-51-37-53-35-47-19-11-12-20-48(47)36-54(53)38-52(51)26-24-42-14-8-10-22-50(42)40-58(44-17-5-2-6-18-44)46-29-33-56(34-30-46)60(63)64/h1-40H/b25-23?,26-24?,57-39-,58-40-. The van der Waals surface area contributed by atoms with Gasteiger partial charge in [-0.05, 0) is 149 Å². The highest BCUT2D eigenvalue weighted by Crippen LogP contribution is 2.33. The fourth-order valence-electron chi connectivity index (χ4n) is 8.00. The summed E-state index contributed by atoms with van der Waals surface area (Å²) < 4.78 is 0. The molecule has 0 radical (unpaired) electrons. The summed E-state index contributed by atoms with van der Waals surface area (Å²) in [6, 6.07) is 67.4. The molecule has 0 heterocycles. The Morgan fingerprint density at radius 2 is 0.625 bits per heavy atom. The zero-order chi connectivity index (χ0) is 43.8. The molecule has 6 heteroatoms. The van der Waals surface area contributed by atoms with Crippen LogP contribution in [-0.4, -0.2) is 9.85 Å². The summed E-state index contributed by atoms with van der Waals surface area (Å²) in [6.45, 7) is 0. The molecule has 0 N–H and O–H groups in total. The Bertz CT molecular complexity index is 3070. The molecule has 9 rings (SSSR count). The number of benzene rings is 9. The second-order valence-corrected chi connectivity index (χ2v) is 15.4. The van der Waals surface area contributed by atoms with Gasteiger partial charge in [-0.2, -0.15) is 0 Å². The SMILES string of the molecule is O=[N+]([O-])c1ccc(/C(=C\c2ccccc2C=Cc2cc3cc4ccccc4cc3cc2C=Cc2ccccc2/C=C(/c2ccccc2)c2ccc([N+](=O)[O-])cc2)c2ccccc2)cc1. The van der Waals surface area contributed by atoms with Gasteiger partial charge in [0.2, 0.25) is 0 Å². The third-order valence-electron chi connectivity index (χ3n) is 11.3. The largest absolute Gasteiger partial charge is 0.269 e. The van der Waals surface area contributed by atoms with E-state index in [-0.39, 0.29) is 21.2 Å². The van der Waals surface area contributed by atoms with Crippen molar-refractivity contribution in [1.29, 1.82) is 0 Å². The van der Waals surface area contributed by atoms with Gasteiger partial charge >= 0.3 is 0 Å². The van der Waals surface area contributed by atoms with Crippen molar-refractivity contribution < 1.29 is 9.85 Å². The quantitative estimate of drug-likeness (QED) is 0.0531. The summed E-state index contributed by atoms with van der Waals surface area (Å²) in [5, 5.41) is 27.6. The maximum absolute atomic E-state index is 11.5. The molecule has 0 amide bonds. The summed E-state index contributed by atoms with van der Waals surface area (Å²) in [4.78, 5) is 22.2. The molecule has 0 fully saturated rings. The van der Waals surface area contributed by atoms with Crippen molar-refractivity contribution in [1.82, 2.24) is 0 Å². The molecule has 0 aliphatic heterocycles. The first-order chi connectivity index (χ1) is 31.4. The van der Waals surface area contributed by atoms with Gasteiger partial charge in [0.25, 0.3) is 11.4 Å². The van der Waals surface area contributed by atoms with Crippen molar-refractivity contribution >= 4 is 80.5 Å². The van der Waals surface area contributed by atoms with Gasteiger partial charge in [0.1, 0.15) is 0 Å². The van der Waals surface area contributed by atoms with Crippen molar-refractivity contribution in [2.24, 2.45) is 0 Å². The van der Waals surface area contributed by atoms with Crippen LogP contribution in [-0.2, 0) is 0 Å². The molecule has 0 aliphatic rings. The smallest absolute Gasteiger partial charge is 0.258 e. The molecule has 0 unspecified atom stereocenters. The Labute approximate surface area is 371 Å². The molecule has 0 bridgehead atoms. The molecule has 0 saturated heterocycles. The Kier molecular flexibility index (Phi) is 11.7. The lowest BCUT2D eigenvalue weighted by atomic mass is 9.93. The molecule has 0 spiro atoms. The van der Waals surface area contributed by atoms with E-state index in [1.165, 1.54) is 10.8 Å². The van der Waals surface area contributed by atoms with Crippen LogP contribution in [0.3, 0.4) is 0 Å². The van der Waals surface area contributed by atoms with Crippen LogP contribution in [0.1, 0.15) is 55.6 Å². The van der Waals surface area contributed by atoms with Gasteiger partial charge in [0.05, 0.1) is 9.85 Å². The Hall–Kier alpha value is -8.74. The van der Waals surface area contributed by atoms with Crippen molar-refractivity contribution in [3.8, 4) is 0 Å². The minimum absolute atomic E-state index is 0.0480. The van der Waals surface area contributed by atoms with E-state index < -0.39 is 0 Å². The lowest BCUT2D eigenvalue weighted by Gasteiger charge is -2.11. The Morgan fingerprint density at radius 1 is 0.312 bits per heavy atom. The molecular formula is C58H40N2O4. The highest BCUT2D eigenvalue weighted by molar-refractivity contribution is 6.02. The molecular weight excluding hydrogens is 789 g/mol. The summed E-state index contributed by atoms with van der Waals surface area (Å²) in [5.74, 6) is 0. The van der Waals surface area contributed by atoms with Crippen LogP contribution in [0, 0.1) is 20.2 Å². The number of nitro benzene ring substituents is 2. The molecule has 6 nitrogen and oxygen atoms in total. The topological polar surface area (TPSA) is 86.3 Å². The lowest BCUT2D eigenvalue weighted by Crippen LogP contribution is -1.92. The van der Waals surface area contributed by atoms with Gasteiger partial charge in [-0.25, -0.2) is 0 Å². The number of nitrogens with zero attached hydrogens (tertiary/aromatic N) is 2. The normalized spacial score (nSPS) is 12.1. The predicted molar refractivity (Wildman–Crippen MR) is 265 cm³/mol. The summed E-state index contributed by atoms with van der Waals surface area (Å²) in [6.07, 6.45) is 12.9. The summed E-state index contributed by atoms with van der Waals surface area (Å²) in [5.41, 5.74) is 11.9. The van der Waals surface area contributed by atoms with E-state index >= 15 is 0 Å². The van der Waals surface area contributed by atoms with E-state index in [1.807, 2.05) is 60.7 Å². The third-order valence-corrected chi connectivity index (χ3v) is 11.3. The van der Waals surface area contributed by atoms with Crippen LogP contribution < -0.4 is 0 Å². The fraction of sp³-hybridized carbons (Fsp3) is 0. The molecule has 9 aromatic rings. The minimum atomic E-state index is -0.378. The van der Waals surface area contributed by atoms with Crippen LogP contribution in [0.4, 0.5) is 11.4 Å². The molecule has 9 aromatic carbocycles. The first-order valence-corrected chi connectivity index (χ1v) is 20.9. The van der Waals surface area contributed by atoms with Crippen LogP contribution in [0.25, 0.3) is 69.1 Å². The van der Waals surface area contributed by atoms with Gasteiger partial charge in [0, 0.05) is 24.3 Å². The number of hydrogen-bond acceptors (Lipinski definition) is 4. The van der Waals surface area contributed by atoms with E-state index in [0.717, 1.165) is 77.6 Å². The van der Waals surface area contributed by atoms with Crippen molar-refractivity contribution in [2.75, 3.05) is 0 Å². The van der Waals surface area contributed by atoms with Crippen molar-refractivity contribution in [2.45, 2.75) is 0 Å². The maximum Gasteiger partial charge on any atom is 0.269 e. The fourth-order valence-corrected chi connectivity index (χ4v) is 8.00. The van der Waals surface area contributed by atoms with E-state index in [2.05, 4.69) is 134 Å². The van der Waals surface area contributed by atoms with Crippen molar-refractivity contribution in [3.63, 3.8) is 0 Å². The second kappa shape index (κ2) is 18.5. The third kappa shape index (κ3) is 9.12. The highest BCUT2D eigenvalue weighted by atomic mass is 16.6. The minimum Gasteiger partial charge on any atom is -0.258 e. The van der Waals surface area contributed by atoms with Crippen LogP contribution in [0.15, 0.2) is 206 Å². The maximum atomic E-state index is 11.5. The number of rotatable bonds is 12. The van der Waals surface area contributed by atoms with E-state index in [4.69, 9.17) is 0 Å². The lowest BCUT2D eigenvalue weighted by molar-refractivity contribution is -0.385. The zero-order valence-electron chi connectivity index (χ0n) is 34.6. The summed E-state index contributed by atoms with van der Waals surface area (Å²) in [7, 11) is 0. The second-order valence-electron chi connectivity index (χ2n) is 15.4. The number of hydrogen-bond donors (Lipinski definition) is 0. The van der Waals surface area contributed by atoms with Gasteiger partial charge < -0.3 is 0 Å². The molecule has 64 heavy (non-hydrogen) atoms. The predicted octanol–water partition coefficient (Wildman–Crippen LogP) is 15.3. The number of fused-ring (bicyclic) bond motifs is 2. The van der Waals surface area contributed by atoms with Gasteiger partial charge in [-0.1, -0.05) is 158 Å². The highest BCUT2D eigenvalue weighted by Gasteiger charge is 2.13. The van der Waals surface area contributed by atoms with Crippen LogP contribution in [0.2, 0.25) is 0 Å². The van der Waals surface area contributed by atoms with E-state index in [0.29, 0.717) is 0 Å². The number of nitro groups is 2. The Morgan fingerprint density at radius 3 is 1.00 bits per heavy atom. The average Bonchev–Trinajstić information content (AvgIpc) is 3.34. The van der Waals surface area contributed by atoms with E-state index in [9.17, 15) is 20.2 Å². The Balaban J connectivity index is 1.14. The summed E-state index contributed by atoms with van der Waals surface area (Å²) >= 11 is 0. The van der Waals surface area contributed by atoms with E-state index in [1.54, 1.807) is 48.5 Å². The number of non-ortho nitro benzene ring substituents is 2.